The largest absolute Gasteiger partial charge is 0.490 e. The van der Waals surface area contributed by atoms with Crippen molar-refractivity contribution in [1.29, 1.82) is 0 Å². The van der Waals surface area contributed by atoms with Gasteiger partial charge in [0.05, 0.1) is 12.5 Å². The number of ether oxygens (including phenoxy) is 1. The standard InChI is InChI=1S/C15H21FO3/c1-3-5-6-12(4-2)19-13-7-8-14(16)11(9-13)10-15(17)18/h7-9,12H,3-6,10H2,1-2H3,(H,17,18)/t12-/m1/s1. The summed E-state index contributed by atoms with van der Waals surface area (Å²) in [4.78, 5) is 10.6. The third-order valence-electron chi connectivity index (χ3n) is 3.00. The molecule has 3 nitrogen and oxygen atoms in total. The molecular formula is C15H21FO3. The molecule has 0 aliphatic rings. The Labute approximate surface area is 113 Å². The molecule has 106 valence electrons. The molecule has 0 aliphatic carbocycles. The van der Waals surface area contributed by atoms with E-state index in [4.69, 9.17) is 9.84 Å². The molecule has 0 unspecified atom stereocenters. The Morgan fingerprint density at radius 2 is 2.16 bits per heavy atom. The van der Waals surface area contributed by atoms with E-state index in [2.05, 4.69) is 6.92 Å². The van der Waals surface area contributed by atoms with Crippen molar-refractivity contribution in [2.45, 2.75) is 52.1 Å². The van der Waals surface area contributed by atoms with Gasteiger partial charge in [-0.25, -0.2) is 4.39 Å². The summed E-state index contributed by atoms with van der Waals surface area (Å²) in [6, 6.07) is 4.30. The first-order valence-electron chi connectivity index (χ1n) is 6.73. The highest BCUT2D eigenvalue weighted by Crippen LogP contribution is 2.21. The summed E-state index contributed by atoms with van der Waals surface area (Å²) in [5.41, 5.74) is 0.162. The van der Waals surface area contributed by atoms with E-state index in [0.29, 0.717) is 5.75 Å². The van der Waals surface area contributed by atoms with Gasteiger partial charge in [0, 0.05) is 5.56 Å². The van der Waals surface area contributed by atoms with E-state index in [9.17, 15) is 9.18 Å². The lowest BCUT2D eigenvalue weighted by atomic mass is 10.1. The summed E-state index contributed by atoms with van der Waals surface area (Å²) in [6.45, 7) is 4.16. The minimum atomic E-state index is -1.05. The van der Waals surface area contributed by atoms with Crippen LogP contribution in [-0.4, -0.2) is 17.2 Å². The number of hydrogen-bond donors (Lipinski definition) is 1. The monoisotopic (exact) mass is 268 g/mol. The molecule has 1 atom stereocenters. The van der Waals surface area contributed by atoms with E-state index < -0.39 is 11.8 Å². The Bertz CT molecular complexity index is 418. The van der Waals surface area contributed by atoms with Crippen molar-refractivity contribution in [1.82, 2.24) is 0 Å². The van der Waals surface area contributed by atoms with Gasteiger partial charge in [-0.15, -0.1) is 0 Å². The summed E-state index contributed by atoms with van der Waals surface area (Å²) in [6.07, 6.45) is 3.80. The number of carboxylic acid groups (broad SMARTS) is 1. The summed E-state index contributed by atoms with van der Waals surface area (Å²) < 4.78 is 19.2. The molecular weight excluding hydrogens is 247 g/mol. The van der Waals surface area contributed by atoms with Crippen molar-refractivity contribution in [3.8, 4) is 5.75 Å². The second-order valence-corrected chi connectivity index (χ2v) is 4.61. The molecule has 0 heterocycles. The molecule has 0 saturated heterocycles. The van der Waals surface area contributed by atoms with Crippen LogP contribution in [0.25, 0.3) is 0 Å². The molecule has 0 radical (unpaired) electrons. The number of hydrogen-bond acceptors (Lipinski definition) is 2. The number of carboxylic acids is 1. The number of aliphatic carboxylic acids is 1. The second-order valence-electron chi connectivity index (χ2n) is 4.61. The van der Waals surface area contributed by atoms with Crippen LogP contribution in [0.4, 0.5) is 4.39 Å². The molecule has 19 heavy (non-hydrogen) atoms. The number of carbonyl (C=O) groups is 1. The lowest BCUT2D eigenvalue weighted by molar-refractivity contribution is -0.136. The number of rotatable bonds is 8. The van der Waals surface area contributed by atoms with Crippen molar-refractivity contribution in [3.05, 3.63) is 29.6 Å². The SMILES string of the molecule is CCCC[C@@H](CC)Oc1ccc(F)c(CC(=O)O)c1. The van der Waals surface area contributed by atoms with Crippen molar-refractivity contribution >= 4 is 5.97 Å². The van der Waals surface area contributed by atoms with Crippen LogP contribution in [0.2, 0.25) is 0 Å². The highest BCUT2D eigenvalue weighted by Gasteiger charge is 2.11. The topological polar surface area (TPSA) is 46.5 Å². The van der Waals surface area contributed by atoms with Crippen LogP contribution in [0.5, 0.6) is 5.75 Å². The normalized spacial score (nSPS) is 12.2. The van der Waals surface area contributed by atoms with Crippen molar-refractivity contribution in [2.75, 3.05) is 0 Å². The van der Waals surface area contributed by atoms with Crippen LogP contribution in [-0.2, 0) is 11.2 Å². The highest BCUT2D eigenvalue weighted by atomic mass is 19.1. The number of benzene rings is 1. The van der Waals surface area contributed by atoms with Gasteiger partial charge < -0.3 is 9.84 Å². The molecule has 0 aliphatic heterocycles. The second kappa shape index (κ2) is 7.77. The molecule has 0 saturated carbocycles. The maximum atomic E-state index is 13.4. The first kappa shape index (κ1) is 15.5. The molecule has 1 aromatic rings. The van der Waals surface area contributed by atoms with Gasteiger partial charge in [-0.3, -0.25) is 4.79 Å². The molecule has 0 spiro atoms. The van der Waals surface area contributed by atoms with Gasteiger partial charge in [-0.1, -0.05) is 26.7 Å². The Hall–Kier alpha value is -1.58. The summed E-state index contributed by atoms with van der Waals surface area (Å²) in [5, 5.41) is 8.72. The minimum absolute atomic E-state index is 0.100. The van der Waals surface area contributed by atoms with E-state index in [-0.39, 0.29) is 18.1 Å². The average molecular weight is 268 g/mol. The Morgan fingerprint density at radius 1 is 1.42 bits per heavy atom. The smallest absolute Gasteiger partial charge is 0.307 e. The molecule has 4 heteroatoms. The molecule has 0 aromatic heterocycles. The first-order valence-corrected chi connectivity index (χ1v) is 6.73. The maximum absolute atomic E-state index is 13.4. The van der Waals surface area contributed by atoms with Crippen molar-refractivity contribution < 1.29 is 19.0 Å². The Kier molecular flexibility index (Phi) is 6.33. The predicted octanol–water partition coefficient (Wildman–Crippen LogP) is 3.80. The number of unbranched alkanes of at least 4 members (excludes halogenated alkanes) is 1. The van der Waals surface area contributed by atoms with Crippen molar-refractivity contribution in [3.63, 3.8) is 0 Å². The van der Waals surface area contributed by atoms with Gasteiger partial charge in [-0.2, -0.15) is 0 Å². The zero-order chi connectivity index (χ0) is 14.3. The van der Waals surface area contributed by atoms with Crippen LogP contribution >= 0.6 is 0 Å². The lowest BCUT2D eigenvalue weighted by Crippen LogP contribution is -2.15. The third-order valence-corrected chi connectivity index (χ3v) is 3.00. The predicted molar refractivity (Wildman–Crippen MR) is 72.0 cm³/mol. The van der Waals surface area contributed by atoms with E-state index in [1.807, 2.05) is 6.92 Å². The zero-order valence-corrected chi connectivity index (χ0v) is 11.5. The average Bonchev–Trinajstić information content (AvgIpc) is 2.37. The van der Waals surface area contributed by atoms with E-state index in [1.54, 1.807) is 6.07 Å². The van der Waals surface area contributed by atoms with Crippen LogP contribution in [0.3, 0.4) is 0 Å². The molecule has 0 amide bonds. The molecule has 1 N–H and O–H groups in total. The van der Waals surface area contributed by atoms with Gasteiger partial charge >= 0.3 is 5.97 Å². The van der Waals surface area contributed by atoms with Crippen LogP contribution in [0, 0.1) is 5.82 Å². The molecule has 0 fully saturated rings. The van der Waals surface area contributed by atoms with Gasteiger partial charge in [0.1, 0.15) is 11.6 Å². The fraction of sp³-hybridized carbons (Fsp3) is 0.533. The van der Waals surface area contributed by atoms with Gasteiger partial charge in [0.25, 0.3) is 0 Å². The Balaban J connectivity index is 2.74. The van der Waals surface area contributed by atoms with Crippen LogP contribution < -0.4 is 4.74 Å². The maximum Gasteiger partial charge on any atom is 0.307 e. The fourth-order valence-electron chi connectivity index (χ4n) is 1.89. The first-order chi connectivity index (χ1) is 9.06. The van der Waals surface area contributed by atoms with Gasteiger partial charge in [0.15, 0.2) is 0 Å². The molecule has 1 aromatic carbocycles. The van der Waals surface area contributed by atoms with E-state index in [0.717, 1.165) is 25.7 Å². The summed E-state index contributed by atoms with van der Waals surface area (Å²) in [5.74, 6) is -1.01. The summed E-state index contributed by atoms with van der Waals surface area (Å²) in [7, 11) is 0. The van der Waals surface area contributed by atoms with Crippen LogP contribution in [0.1, 0.15) is 45.1 Å². The fourth-order valence-corrected chi connectivity index (χ4v) is 1.89. The Morgan fingerprint density at radius 3 is 2.74 bits per heavy atom. The van der Waals surface area contributed by atoms with Gasteiger partial charge in [0.2, 0.25) is 0 Å². The molecule has 0 bridgehead atoms. The quantitative estimate of drug-likeness (QED) is 0.780. The third kappa shape index (κ3) is 5.28. The highest BCUT2D eigenvalue weighted by molar-refractivity contribution is 5.70. The van der Waals surface area contributed by atoms with Crippen molar-refractivity contribution in [2.24, 2.45) is 0 Å². The lowest BCUT2D eigenvalue weighted by Gasteiger charge is -2.18. The number of halogens is 1. The molecule has 1 rings (SSSR count). The van der Waals surface area contributed by atoms with E-state index >= 15 is 0 Å². The summed E-state index contributed by atoms with van der Waals surface area (Å²) >= 11 is 0. The van der Waals surface area contributed by atoms with E-state index in [1.165, 1.54) is 12.1 Å². The van der Waals surface area contributed by atoms with Crippen LogP contribution in [0.15, 0.2) is 18.2 Å². The zero-order valence-electron chi connectivity index (χ0n) is 11.5. The van der Waals surface area contributed by atoms with Gasteiger partial charge in [-0.05, 0) is 31.0 Å². The minimum Gasteiger partial charge on any atom is -0.490 e.